The summed E-state index contributed by atoms with van der Waals surface area (Å²) in [4.78, 5) is 32.4. The number of nitrogens with two attached hydrogens (primary N) is 1. The minimum Gasteiger partial charge on any atom is -0.481 e. The fourth-order valence-electron chi connectivity index (χ4n) is 1.81. The maximum absolute atomic E-state index is 11.1. The molecule has 1 aromatic rings. The quantitative estimate of drug-likeness (QED) is 0.567. The highest BCUT2D eigenvalue weighted by Crippen LogP contribution is 2.14. The van der Waals surface area contributed by atoms with Crippen molar-refractivity contribution >= 4 is 24.0 Å². The highest BCUT2D eigenvalue weighted by Gasteiger charge is 2.23. The minimum absolute atomic E-state index is 0.136. The van der Waals surface area contributed by atoms with Crippen molar-refractivity contribution < 1.29 is 29.7 Å². The Labute approximate surface area is 126 Å². The van der Waals surface area contributed by atoms with Crippen LogP contribution in [0.15, 0.2) is 30.3 Å². The largest absolute Gasteiger partial charge is 0.481 e. The smallest absolute Gasteiger partial charge is 0.335 e. The Bertz CT molecular complexity index is 578. The topological polar surface area (TPSA) is 138 Å². The van der Waals surface area contributed by atoms with Crippen LogP contribution in [0.2, 0.25) is 0 Å². The van der Waals surface area contributed by atoms with Gasteiger partial charge in [0.25, 0.3) is 0 Å². The second-order valence-corrected chi connectivity index (χ2v) is 4.78. The number of carbonyl (C=O) groups is 3. The number of aromatic carboxylic acids is 1. The normalized spacial score (nSPS) is 13.7. The first kappa shape index (κ1) is 17.4. The third-order valence-corrected chi connectivity index (χ3v) is 3.09. The molecule has 0 aliphatic heterocycles. The van der Waals surface area contributed by atoms with Gasteiger partial charge in [-0.25, -0.2) is 4.79 Å². The third-order valence-electron chi connectivity index (χ3n) is 3.09. The van der Waals surface area contributed by atoms with Crippen molar-refractivity contribution in [2.75, 3.05) is 0 Å². The molecular weight excluding hydrogens is 290 g/mol. The van der Waals surface area contributed by atoms with E-state index in [9.17, 15) is 14.4 Å². The van der Waals surface area contributed by atoms with Crippen LogP contribution >= 0.6 is 0 Å². The summed E-state index contributed by atoms with van der Waals surface area (Å²) in [5.74, 6) is -4.26. The summed E-state index contributed by atoms with van der Waals surface area (Å²) >= 11 is 0. The molecule has 0 radical (unpaired) electrons. The molecule has 22 heavy (non-hydrogen) atoms. The average Bonchev–Trinajstić information content (AvgIpc) is 2.46. The van der Waals surface area contributed by atoms with E-state index in [0.29, 0.717) is 0 Å². The summed E-state index contributed by atoms with van der Waals surface area (Å²) in [6.07, 6.45) is 3.22. The lowest BCUT2D eigenvalue weighted by molar-refractivity contribution is -0.143. The van der Waals surface area contributed by atoms with Crippen LogP contribution in [0.3, 0.4) is 0 Å². The van der Waals surface area contributed by atoms with Gasteiger partial charge in [-0.2, -0.15) is 0 Å². The zero-order valence-corrected chi connectivity index (χ0v) is 11.7. The monoisotopic (exact) mass is 307 g/mol. The highest BCUT2D eigenvalue weighted by molar-refractivity contribution is 5.87. The summed E-state index contributed by atoms with van der Waals surface area (Å²) in [6.45, 7) is 0. The van der Waals surface area contributed by atoms with E-state index in [1.165, 1.54) is 12.1 Å². The van der Waals surface area contributed by atoms with Crippen molar-refractivity contribution in [2.45, 2.75) is 18.9 Å². The Morgan fingerprint density at radius 3 is 2.09 bits per heavy atom. The van der Waals surface area contributed by atoms with Gasteiger partial charge in [0.2, 0.25) is 0 Å². The average molecular weight is 307 g/mol. The van der Waals surface area contributed by atoms with Crippen LogP contribution in [-0.2, 0) is 9.59 Å². The zero-order chi connectivity index (χ0) is 16.7. The van der Waals surface area contributed by atoms with E-state index in [-0.39, 0.29) is 18.4 Å². The van der Waals surface area contributed by atoms with Gasteiger partial charge in [-0.05, 0) is 30.5 Å². The molecule has 0 bridgehead atoms. The molecule has 7 nitrogen and oxygen atoms in total. The minimum atomic E-state index is -1.24. The Kier molecular flexibility index (Phi) is 6.27. The van der Waals surface area contributed by atoms with Gasteiger partial charge in [0, 0.05) is 0 Å². The van der Waals surface area contributed by atoms with E-state index in [2.05, 4.69) is 0 Å². The molecule has 0 aromatic heterocycles. The van der Waals surface area contributed by atoms with E-state index < -0.39 is 29.9 Å². The molecule has 0 unspecified atom stereocenters. The van der Waals surface area contributed by atoms with E-state index in [1.807, 2.05) is 0 Å². The van der Waals surface area contributed by atoms with Gasteiger partial charge >= 0.3 is 17.9 Å². The Hall–Kier alpha value is -2.67. The Morgan fingerprint density at radius 2 is 1.64 bits per heavy atom. The number of hydrogen-bond acceptors (Lipinski definition) is 4. The van der Waals surface area contributed by atoms with Crippen LogP contribution < -0.4 is 5.73 Å². The molecule has 5 N–H and O–H groups in total. The van der Waals surface area contributed by atoms with Gasteiger partial charge in [-0.15, -0.1) is 0 Å². The summed E-state index contributed by atoms with van der Waals surface area (Å²) in [7, 11) is 0. The summed E-state index contributed by atoms with van der Waals surface area (Å²) in [6, 6.07) is 4.86. The van der Waals surface area contributed by atoms with Crippen molar-refractivity contribution in [3.05, 3.63) is 41.5 Å². The van der Waals surface area contributed by atoms with Crippen LogP contribution in [0.5, 0.6) is 0 Å². The molecule has 0 saturated heterocycles. The maximum Gasteiger partial charge on any atom is 0.335 e. The van der Waals surface area contributed by atoms with Gasteiger partial charge in [-0.1, -0.05) is 24.3 Å². The maximum atomic E-state index is 11.1. The molecule has 0 saturated carbocycles. The SMILES string of the molecule is N[C@@H](C[C@@H](C/C=C/c1ccc(C(=O)O)cc1)C(=O)O)C(=O)O. The first-order chi connectivity index (χ1) is 10.3. The molecule has 0 spiro atoms. The fourth-order valence-corrected chi connectivity index (χ4v) is 1.81. The number of benzene rings is 1. The van der Waals surface area contributed by atoms with Crippen LogP contribution in [0.4, 0.5) is 0 Å². The Balaban J connectivity index is 2.66. The van der Waals surface area contributed by atoms with Gasteiger partial charge < -0.3 is 21.1 Å². The highest BCUT2D eigenvalue weighted by atomic mass is 16.4. The molecule has 1 aromatic carbocycles. The lowest BCUT2D eigenvalue weighted by Gasteiger charge is -2.12. The lowest BCUT2D eigenvalue weighted by atomic mass is 9.96. The second kappa shape index (κ2) is 7.94. The first-order valence-corrected chi connectivity index (χ1v) is 6.52. The van der Waals surface area contributed by atoms with Gasteiger partial charge in [0.15, 0.2) is 0 Å². The van der Waals surface area contributed by atoms with E-state index in [4.69, 9.17) is 21.1 Å². The molecule has 118 valence electrons. The molecule has 1 rings (SSSR count). The molecule has 0 heterocycles. The van der Waals surface area contributed by atoms with Crippen LogP contribution in [-0.4, -0.2) is 39.3 Å². The van der Waals surface area contributed by atoms with Gasteiger partial charge in [-0.3, -0.25) is 9.59 Å². The van der Waals surface area contributed by atoms with Gasteiger partial charge in [0.1, 0.15) is 6.04 Å². The summed E-state index contributed by atoms with van der Waals surface area (Å²) in [5.41, 5.74) is 6.22. The van der Waals surface area contributed by atoms with Crippen molar-refractivity contribution in [1.82, 2.24) is 0 Å². The summed E-state index contributed by atoms with van der Waals surface area (Å²) < 4.78 is 0. The van der Waals surface area contributed by atoms with Crippen molar-refractivity contribution in [1.29, 1.82) is 0 Å². The van der Waals surface area contributed by atoms with Gasteiger partial charge in [0.05, 0.1) is 11.5 Å². The van der Waals surface area contributed by atoms with Crippen LogP contribution in [0.25, 0.3) is 6.08 Å². The van der Waals surface area contributed by atoms with E-state index >= 15 is 0 Å². The zero-order valence-electron chi connectivity index (χ0n) is 11.7. The number of carboxylic acid groups (broad SMARTS) is 3. The number of carboxylic acids is 3. The Morgan fingerprint density at radius 1 is 1.05 bits per heavy atom. The molecule has 0 aliphatic carbocycles. The number of aliphatic carboxylic acids is 2. The van der Waals surface area contributed by atoms with E-state index in [1.54, 1.807) is 24.3 Å². The van der Waals surface area contributed by atoms with Crippen molar-refractivity contribution in [3.63, 3.8) is 0 Å². The third kappa shape index (κ3) is 5.37. The predicted molar refractivity (Wildman–Crippen MR) is 78.4 cm³/mol. The number of rotatable bonds is 8. The second-order valence-electron chi connectivity index (χ2n) is 4.78. The van der Waals surface area contributed by atoms with Crippen LogP contribution in [0, 0.1) is 5.92 Å². The molecule has 0 aliphatic rings. The molecular formula is C15H17NO6. The van der Waals surface area contributed by atoms with Crippen molar-refractivity contribution in [2.24, 2.45) is 11.7 Å². The fraction of sp³-hybridized carbons (Fsp3) is 0.267. The molecule has 0 fully saturated rings. The number of allylic oxidation sites excluding steroid dienone is 1. The van der Waals surface area contributed by atoms with Crippen molar-refractivity contribution in [3.8, 4) is 0 Å². The summed E-state index contributed by atoms with van der Waals surface area (Å²) in [5, 5.41) is 26.5. The number of hydrogen-bond donors (Lipinski definition) is 4. The standard InChI is InChI=1S/C15H17NO6/c16-12(15(21)22)8-11(14(19)20)3-1-2-9-4-6-10(7-5-9)13(17)18/h1-2,4-7,11-12H,3,8,16H2,(H,17,18)(H,19,20)(H,21,22)/b2-1+/t11-,12+/m1/s1. The lowest BCUT2D eigenvalue weighted by Crippen LogP contribution is -2.34. The van der Waals surface area contributed by atoms with Crippen LogP contribution in [0.1, 0.15) is 28.8 Å². The predicted octanol–water partition coefficient (Wildman–Crippen LogP) is 1.29. The molecule has 7 heteroatoms. The molecule has 0 amide bonds. The molecule has 2 atom stereocenters. The first-order valence-electron chi connectivity index (χ1n) is 6.52. The van der Waals surface area contributed by atoms with E-state index in [0.717, 1.165) is 5.56 Å².